The van der Waals surface area contributed by atoms with Crippen LogP contribution in [0.3, 0.4) is 0 Å². The highest BCUT2D eigenvalue weighted by atomic mass is 16.1. The highest BCUT2D eigenvalue weighted by molar-refractivity contribution is 5.91. The number of hydrogen-bond acceptors (Lipinski definition) is 5. The summed E-state index contributed by atoms with van der Waals surface area (Å²) in [6.07, 6.45) is 6.45. The number of benzene rings is 1. The Hall–Kier alpha value is -3.20. The summed E-state index contributed by atoms with van der Waals surface area (Å²) in [4.78, 5) is 19.7. The van der Waals surface area contributed by atoms with Gasteiger partial charge < -0.3 is 10.6 Å². The van der Waals surface area contributed by atoms with Crippen LogP contribution in [0, 0.1) is 11.3 Å². The predicted molar refractivity (Wildman–Crippen MR) is 83.7 cm³/mol. The van der Waals surface area contributed by atoms with E-state index < -0.39 is 0 Å². The number of carbonyl (C=O) groups excluding carboxylic acids is 1. The second kappa shape index (κ2) is 8.17. The summed E-state index contributed by atoms with van der Waals surface area (Å²) in [6.45, 7) is 1.01. The Labute approximate surface area is 128 Å². The molecule has 0 atom stereocenters. The fourth-order valence-corrected chi connectivity index (χ4v) is 1.65. The van der Waals surface area contributed by atoms with Gasteiger partial charge >= 0.3 is 0 Å². The number of hydrogen-bond donors (Lipinski definition) is 2. The fraction of sp³-hybridized carbons (Fsp3) is 0.125. The zero-order valence-electron chi connectivity index (χ0n) is 11.9. The SMILES string of the molecule is N#Cc1ccc(C=CC(=O)NCCNc2ncccn2)cc1. The van der Waals surface area contributed by atoms with Crippen molar-refractivity contribution in [1.29, 1.82) is 5.26 Å². The van der Waals surface area contributed by atoms with Gasteiger partial charge in [-0.2, -0.15) is 5.26 Å². The largest absolute Gasteiger partial charge is 0.352 e. The van der Waals surface area contributed by atoms with Gasteiger partial charge in [-0.05, 0) is 29.8 Å². The molecular formula is C16H15N5O. The minimum atomic E-state index is -0.180. The Bertz CT molecular complexity index is 674. The molecule has 0 saturated carbocycles. The zero-order valence-corrected chi connectivity index (χ0v) is 11.9. The molecule has 0 unspecified atom stereocenters. The molecule has 1 aromatic heterocycles. The van der Waals surface area contributed by atoms with E-state index >= 15 is 0 Å². The number of anilines is 1. The first kappa shape index (κ1) is 15.2. The van der Waals surface area contributed by atoms with Gasteiger partial charge in [-0.1, -0.05) is 12.1 Å². The van der Waals surface area contributed by atoms with Crippen molar-refractivity contribution in [3.63, 3.8) is 0 Å². The summed E-state index contributed by atoms with van der Waals surface area (Å²) in [5, 5.41) is 14.4. The van der Waals surface area contributed by atoms with Crippen LogP contribution in [0.5, 0.6) is 0 Å². The Morgan fingerprint density at radius 3 is 2.59 bits per heavy atom. The molecule has 2 aromatic rings. The third-order valence-electron chi connectivity index (χ3n) is 2.74. The van der Waals surface area contributed by atoms with Crippen molar-refractivity contribution in [1.82, 2.24) is 15.3 Å². The van der Waals surface area contributed by atoms with Crippen molar-refractivity contribution in [3.05, 3.63) is 59.9 Å². The third kappa shape index (κ3) is 5.06. The van der Waals surface area contributed by atoms with Gasteiger partial charge in [-0.3, -0.25) is 4.79 Å². The minimum absolute atomic E-state index is 0.180. The summed E-state index contributed by atoms with van der Waals surface area (Å²) < 4.78 is 0. The average molecular weight is 293 g/mol. The fourth-order valence-electron chi connectivity index (χ4n) is 1.65. The second-order valence-corrected chi connectivity index (χ2v) is 4.36. The van der Waals surface area contributed by atoms with Crippen LogP contribution < -0.4 is 10.6 Å². The molecule has 0 fully saturated rings. The van der Waals surface area contributed by atoms with Gasteiger partial charge in [0.15, 0.2) is 0 Å². The van der Waals surface area contributed by atoms with Crippen LogP contribution in [0.1, 0.15) is 11.1 Å². The first-order valence-corrected chi connectivity index (χ1v) is 6.75. The van der Waals surface area contributed by atoms with Gasteiger partial charge in [0.25, 0.3) is 0 Å². The van der Waals surface area contributed by atoms with E-state index in [-0.39, 0.29) is 5.91 Å². The number of amides is 1. The highest BCUT2D eigenvalue weighted by Crippen LogP contribution is 2.04. The van der Waals surface area contributed by atoms with E-state index in [2.05, 4.69) is 20.6 Å². The molecule has 0 aliphatic carbocycles. The molecule has 0 aliphatic heterocycles. The third-order valence-corrected chi connectivity index (χ3v) is 2.74. The summed E-state index contributed by atoms with van der Waals surface area (Å²) in [7, 11) is 0. The van der Waals surface area contributed by atoms with Gasteiger partial charge in [0.2, 0.25) is 11.9 Å². The molecule has 0 spiro atoms. The van der Waals surface area contributed by atoms with Crippen molar-refractivity contribution in [2.24, 2.45) is 0 Å². The van der Waals surface area contributed by atoms with Crippen LogP contribution in [-0.2, 0) is 4.79 Å². The van der Waals surface area contributed by atoms with Gasteiger partial charge in [-0.25, -0.2) is 9.97 Å². The molecular weight excluding hydrogens is 278 g/mol. The molecule has 0 radical (unpaired) electrons. The maximum absolute atomic E-state index is 11.6. The summed E-state index contributed by atoms with van der Waals surface area (Å²) in [6, 6.07) is 10.8. The number of aromatic nitrogens is 2. The van der Waals surface area contributed by atoms with Crippen LogP contribution in [0.25, 0.3) is 6.08 Å². The monoisotopic (exact) mass is 293 g/mol. The Balaban J connectivity index is 1.71. The van der Waals surface area contributed by atoms with E-state index in [1.54, 1.807) is 48.8 Å². The maximum Gasteiger partial charge on any atom is 0.244 e. The van der Waals surface area contributed by atoms with Crippen molar-refractivity contribution < 1.29 is 4.79 Å². The van der Waals surface area contributed by atoms with E-state index in [0.717, 1.165) is 5.56 Å². The molecule has 22 heavy (non-hydrogen) atoms. The van der Waals surface area contributed by atoms with E-state index in [1.165, 1.54) is 6.08 Å². The summed E-state index contributed by atoms with van der Waals surface area (Å²) in [5.41, 5.74) is 1.46. The van der Waals surface area contributed by atoms with Gasteiger partial charge in [0.05, 0.1) is 11.6 Å². The van der Waals surface area contributed by atoms with Crippen molar-refractivity contribution in [2.45, 2.75) is 0 Å². The lowest BCUT2D eigenvalue weighted by molar-refractivity contribution is -0.116. The van der Waals surface area contributed by atoms with Crippen LogP contribution in [0.15, 0.2) is 48.8 Å². The summed E-state index contributed by atoms with van der Waals surface area (Å²) in [5.74, 6) is 0.352. The predicted octanol–water partition coefficient (Wildman–Crippen LogP) is 1.59. The molecule has 6 heteroatoms. The molecule has 1 amide bonds. The topological polar surface area (TPSA) is 90.7 Å². The van der Waals surface area contributed by atoms with Crippen LogP contribution in [-0.4, -0.2) is 29.0 Å². The quantitative estimate of drug-likeness (QED) is 0.623. The van der Waals surface area contributed by atoms with Crippen molar-refractivity contribution in [3.8, 4) is 6.07 Å². The Kier molecular flexibility index (Phi) is 5.64. The molecule has 0 bridgehead atoms. The lowest BCUT2D eigenvalue weighted by Gasteiger charge is -2.04. The zero-order chi connectivity index (χ0) is 15.6. The highest BCUT2D eigenvalue weighted by Gasteiger charge is 1.96. The second-order valence-electron chi connectivity index (χ2n) is 4.36. The average Bonchev–Trinajstić information content (AvgIpc) is 2.58. The molecule has 2 rings (SSSR count). The number of nitrogens with one attached hydrogen (secondary N) is 2. The molecule has 2 N–H and O–H groups in total. The van der Waals surface area contributed by atoms with Crippen LogP contribution in [0.4, 0.5) is 5.95 Å². The lowest BCUT2D eigenvalue weighted by atomic mass is 10.1. The molecule has 110 valence electrons. The van der Waals surface area contributed by atoms with Gasteiger partial charge in [-0.15, -0.1) is 0 Å². The minimum Gasteiger partial charge on any atom is -0.352 e. The number of nitrogens with zero attached hydrogens (tertiary/aromatic N) is 3. The Morgan fingerprint density at radius 2 is 1.91 bits per heavy atom. The molecule has 0 aliphatic rings. The molecule has 1 heterocycles. The van der Waals surface area contributed by atoms with Gasteiger partial charge in [0.1, 0.15) is 0 Å². The van der Waals surface area contributed by atoms with Crippen molar-refractivity contribution in [2.75, 3.05) is 18.4 Å². The smallest absolute Gasteiger partial charge is 0.244 e. The van der Waals surface area contributed by atoms with E-state index in [0.29, 0.717) is 24.6 Å². The van der Waals surface area contributed by atoms with Gasteiger partial charge in [0, 0.05) is 31.6 Å². The number of rotatable bonds is 6. The van der Waals surface area contributed by atoms with E-state index in [1.807, 2.05) is 6.07 Å². The normalized spacial score (nSPS) is 10.1. The van der Waals surface area contributed by atoms with Crippen molar-refractivity contribution >= 4 is 17.9 Å². The van der Waals surface area contributed by atoms with E-state index in [4.69, 9.17) is 5.26 Å². The standard InChI is InChI=1S/C16H15N5O/c17-12-14-4-2-13(3-5-14)6-7-15(22)18-10-11-21-16-19-8-1-9-20-16/h1-9H,10-11H2,(H,18,22)(H,19,20,21). The first-order chi connectivity index (χ1) is 10.8. The lowest BCUT2D eigenvalue weighted by Crippen LogP contribution is -2.27. The van der Waals surface area contributed by atoms with E-state index in [9.17, 15) is 4.79 Å². The van der Waals surface area contributed by atoms with Crippen LogP contribution in [0.2, 0.25) is 0 Å². The molecule has 1 aromatic carbocycles. The van der Waals surface area contributed by atoms with Crippen LogP contribution >= 0.6 is 0 Å². The molecule has 0 saturated heterocycles. The molecule has 6 nitrogen and oxygen atoms in total. The number of carbonyl (C=O) groups is 1. The summed E-state index contributed by atoms with van der Waals surface area (Å²) >= 11 is 0. The maximum atomic E-state index is 11.6. The first-order valence-electron chi connectivity index (χ1n) is 6.75. The Morgan fingerprint density at radius 1 is 1.18 bits per heavy atom. The number of nitriles is 1.